The summed E-state index contributed by atoms with van der Waals surface area (Å²) < 4.78 is 0. The first-order valence-corrected chi connectivity index (χ1v) is 7.86. The van der Waals surface area contributed by atoms with Crippen LogP contribution in [0.3, 0.4) is 0 Å². The summed E-state index contributed by atoms with van der Waals surface area (Å²) in [5.74, 6) is -0.781. The van der Waals surface area contributed by atoms with E-state index in [0.29, 0.717) is 10.4 Å². The predicted octanol–water partition coefficient (Wildman–Crippen LogP) is 1.24. The lowest BCUT2D eigenvalue weighted by atomic mass is 10.1. The fourth-order valence-corrected chi connectivity index (χ4v) is 2.50. The molecule has 0 saturated heterocycles. The number of aliphatic hydroxyl groups is 1. The number of nitro benzene ring substituents is 1. The maximum atomic E-state index is 11.7. The molecule has 8 nitrogen and oxygen atoms in total. The smallest absolute Gasteiger partial charge is 0.269 e. The van der Waals surface area contributed by atoms with Gasteiger partial charge in [0.05, 0.1) is 22.4 Å². The summed E-state index contributed by atoms with van der Waals surface area (Å²) in [6, 6.07) is 8.79. The molecule has 0 unspecified atom stereocenters. The fraction of sp³-hybridized carbons (Fsp3) is 0.200. The number of carbonyl (C=O) groups is 2. The van der Waals surface area contributed by atoms with Gasteiger partial charge in [0, 0.05) is 18.7 Å². The summed E-state index contributed by atoms with van der Waals surface area (Å²) in [4.78, 5) is 33.9. The van der Waals surface area contributed by atoms with Crippen molar-refractivity contribution in [3.8, 4) is 0 Å². The first-order chi connectivity index (χ1) is 11.5. The van der Waals surface area contributed by atoms with Gasteiger partial charge >= 0.3 is 0 Å². The van der Waals surface area contributed by atoms with E-state index in [4.69, 9.17) is 0 Å². The molecule has 1 aromatic heterocycles. The van der Waals surface area contributed by atoms with Crippen molar-refractivity contribution in [2.75, 3.05) is 13.1 Å². The van der Waals surface area contributed by atoms with Gasteiger partial charge in [0.2, 0.25) is 5.91 Å². The monoisotopic (exact) mass is 349 g/mol. The van der Waals surface area contributed by atoms with Gasteiger partial charge in [-0.15, -0.1) is 11.3 Å². The van der Waals surface area contributed by atoms with E-state index >= 15 is 0 Å². The first-order valence-electron chi connectivity index (χ1n) is 6.98. The maximum Gasteiger partial charge on any atom is 0.269 e. The summed E-state index contributed by atoms with van der Waals surface area (Å²) in [5.41, 5.74) is 0.370. The van der Waals surface area contributed by atoms with Gasteiger partial charge < -0.3 is 15.7 Å². The molecule has 0 aliphatic heterocycles. The fourth-order valence-electron chi connectivity index (χ4n) is 1.86. The molecule has 0 aliphatic carbocycles. The first kappa shape index (κ1) is 17.6. The van der Waals surface area contributed by atoms with Gasteiger partial charge in [-0.2, -0.15) is 0 Å². The summed E-state index contributed by atoms with van der Waals surface area (Å²) in [7, 11) is 0. The number of hydrogen-bond donors (Lipinski definition) is 3. The molecule has 3 N–H and O–H groups in total. The lowest BCUT2D eigenvalue weighted by molar-refractivity contribution is -0.384. The van der Waals surface area contributed by atoms with E-state index in [0.717, 1.165) is 0 Å². The van der Waals surface area contributed by atoms with E-state index in [9.17, 15) is 24.8 Å². The lowest BCUT2D eigenvalue weighted by Gasteiger charge is -2.12. The minimum absolute atomic E-state index is 0.0640. The number of rotatable bonds is 7. The van der Waals surface area contributed by atoms with Gasteiger partial charge in [0.25, 0.3) is 11.6 Å². The van der Waals surface area contributed by atoms with Gasteiger partial charge in [0.15, 0.2) is 0 Å². The van der Waals surface area contributed by atoms with E-state index in [1.54, 1.807) is 17.5 Å². The van der Waals surface area contributed by atoms with E-state index in [1.807, 2.05) is 0 Å². The van der Waals surface area contributed by atoms with Crippen molar-refractivity contribution in [3.05, 3.63) is 62.3 Å². The molecule has 0 saturated carbocycles. The van der Waals surface area contributed by atoms with Crippen LogP contribution < -0.4 is 10.6 Å². The van der Waals surface area contributed by atoms with Crippen LogP contribution >= 0.6 is 11.3 Å². The van der Waals surface area contributed by atoms with Gasteiger partial charge in [-0.3, -0.25) is 19.7 Å². The highest BCUT2D eigenvalue weighted by atomic mass is 32.1. The Kier molecular flexibility index (Phi) is 5.99. The van der Waals surface area contributed by atoms with Crippen LogP contribution in [0.1, 0.15) is 21.3 Å². The second-order valence-corrected chi connectivity index (χ2v) is 5.78. The van der Waals surface area contributed by atoms with Crippen LogP contribution in [0, 0.1) is 10.1 Å². The molecule has 126 valence electrons. The van der Waals surface area contributed by atoms with Crippen molar-refractivity contribution in [3.63, 3.8) is 0 Å². The van der Waals surface area contributed by atoms with Crippen molar-refractivity contribution in [2.24, 2.45) is 0 Å². The molecule has 0 fully saturated rings. The summed E-state index contributed by atoms with van der Waals surface area (Å²) in [6.45, 7) is -0.269. The lowest BCUT2D eigenvalue weighted by Crippen LogP contribution is -2.38. The number of carbonyl (C=O) groups excluding carboxylic acids is 2. The third-order valence-corrected chi connectivity index (χ3v) is 4.00. The largest absolute Gasteiger partial charge is 0.387 e. The zero-order valence-corrected chi connectivity index (χ0v) is 13.3. The number of hydrogen-bond acceptors (Lipinski definition) is 6. The van der Waals surface area contributed by atoms with Crippen LogP contribution in [0.25, 0.3) is 0 Å². The van der Waals surface area contributed by atoms with E-state index in [-0.39, 0.29) is 24.7 Å². The van der Waals surface area contributed by atoms with Crippen molar-refractivity contribution in [2.45, 2.75) is 6.10 Å². The van der Waals surface area contributed by atoms with E-state index < -0.39 is 16.9 Å². The third-order valence-electron chi connectivity index (χ3n) is 3.14. The molecule has 1 atom stereocenters. The third kappa shape index (κ3) is 4.86. The second kappa shape index (κ2) is 8.18. The highest BCUT2D eigenvalue weighted by molar-refractivity contribution is 7.12. The molecule has 2 amide bonds. The number of amides is 2. The topological polar surface area (TPSA) is 122 Å². The molecule has 1 heterocycles. The Morgan fingerprint density at radius 1 is 1.21 bits per heavy atom. The highest BCUT2D eigenvalue weighted by Crippen LogP contribution is 2.17. The number of aliphatic hydroxyl groups excluding tert-OH is 1. The molecule has 2 rings (SSSR count). The zero-order chi connectivity index (χ0) is 17.5. The van der Waals surface area contributed by atoms with Crippen LogP contribution in [0.5, 0.6) is 0 Å². The Balaban J connectivity index is 1.76. The number of nitrogens with one attached hydrogen (secondary N) is 2. The molecule has 24 heavy (non-hydrogen) atoms. The van der Waals surface area contributed by atoms with E-state index in [2.05, 4.69) is 10.6 Å². The van der Waals surface area contributed by atoms with Gasteiger partial charge in [-0.25, -0.2) is 0 Å². The van der Waals surface area contributed by atoms with Gasteiger partial charge in [-0.1, -0.05) is 6.07 Å². The highest BCUT2D eigenvalue weighted by Gasteiger charge is 2.13. The number of thiophene rings is 1. The molecular weight excluding hydrogens is 334 g/mol. The standard InChI is InChI=1S/C15H15N3O5S/c19-12(10-3-5-11(6-4-10)18(22)23)8-16-14(20)9-17-15(21)13-2-1-7-24-13/h1-7,12,19H,8-9H2,(H,16,20)(H,17,21)/t12-/m1/s1. The van der Waals surface area contributed by atoms with Crippen LogP contribution in [0.15, 0.2) is 41.8 Å². The molecule has 0 aliphatic rings. The Hall–Kier alpha value is -2.78. The van der Waals surface area contributed by atoms with Gasteiger partial charge in [-0.05, 0) is 29.1 Å². The van der Waals surface area contributed by atoms with Crippen LogP contribution in [-0.2, 0) is 4.79 Å². The molecule has 9 heteroatoms. The Labute approximate surface area is 141 Å². The predicted molar refractivity (Wildman–Crippen MR) is 87.7 cm³/mol. The molecule has 2 aromatic rings. The van der Waals surface area contributed by atoms with Crippen molar-refractivity contribution >= 4 is 28.8 Å². The van der Waals surface area contributed by atoms with Crippen LogP contribution in [-0.4, -0.2) is 34.9 Å². The molecule has 0 radical (unpaired) electrons. The maximum absolute atomic E-state index is 11.7. The Bertz CT molecular complexity index is 715. The zero-order valence-electron chi connectivity index (χ0n) is 12.5. The molecule has 0 spiro atoms. The average molecular weight is 349 g/mol. The van der Waals surface area contributed by atoms with Crippen molar-refractivity contribution in [1.82, 2.24) is 10.6 Å². The average Bonchev–Trinajstić information content (AvgIpc) is 3.12. The minimum Gasteiger partial charge on any atom is -0.387 e. The Morgan fingerprint density at radius 3 is 2.50 bits per heavy atom. The van der Waals surface area contributed by atoms with Crippen LogP contribution in [0.2, 0.25) is 0 Å². The number of benzene rings is 1. The van der Waals surface area contributed by atoms with Crippen molar-refractivity contribution < 1.29 is 19.6 Å². The van der Waals surface area contributed by atoms with Gasteiger partial charge in [0.1, 0.15) is 0 Å². The van der Waals surface area contributed by atoms with Crippen LogP contribution in [0.4, 0.5) is 5.69 Å². The summed E-state index contributed by atoms with van der Waals surface area (Å²) in [6.07, 6.45) is -0.997. The SMILES string of the molecule is O=C(CNC(=O)c1cccs1)NC[C@@H](O)c1ccc([N+](=O)[O-])cc1. The second-order valence-electron chi connectivity index (χ2n) is 4.83. The molecular formula is C15H15N3O5S. The summed E-state index contributed by atoms with van der Waals surface area (Å²) >= 11 is 1.27. The van der Waals surface area contributed by atoms with Crippen molar-refractivity contribution in [1.29, 1.82) is 0 Å². The quantitative estimate of drug-likeness (QED) is 0.513. The minimum atomic E-state index is -0.997. The normalized spacial score (nSPS) is 11.5. The number of nitrogens with zero attached hydrogens (tertiary/aromatic N) is 1. The molecule has 0 bridgehead atoms. The summed E-state index contributed by atoms with van der Waals surface area (Å²) in [5, 5.41) is 27.2. The molecule has 1 aromatic carbocycles. The Morgan fingerprint density at radius 2 is 1.92 bits per heavy atom. The van der Waals surface area contributed by atoms with E-state index in [1.165, 1.54) is 35.6 Å². The number of nitro groups is 1. The number of non-ortho nitro benzene ring substituents is 1.